The number of anilines is 1. The molecule has 0 unspecified atom stereocenters. The number of aromatic nitrogens is 4. The van der Waals surface area contributed by atoms with Crippen molar-refractivity contribution in [3.05, 3.63) is 143 Å². The van der Waals surface area contributed by atoms with Gasteiger partial charge in [-0.1, -0.05) is 12.1 Å². The van der Waals surface area contributed by atoms with Crippen LogP contribution in [0.2, 0.25) is 0 Å². The number of amides is 7. The van der Waals surface area contributed by atoms with E-state index < -0.39 is 105 Å². The Morgan fingerprint density at radius 1 is 0.494 bits per heavy atom. The monoisotopic (exact) mass is 1150 g/mol. The van der Waals surface area contributed by atoms with Crippen LogP contribution < -0.4 is 48.8 Å². The smallest absolute Gasteiger partial charge is 0.333 e. The Morgan fingerprint density at radius 3 is 1.14 bits per heavy atom. The maximum atomic E-state index is 13.3. The molecule has 1 aliphatic heterocycles. The zero-order valence-electron chi connectivity index (χ0n) is 45.8. The zero-order valence-corrected chi connectivity index (χ0v) is 45.8. The summed E-state index contributed by atoms with van der Waals surface area (Å²) in [7, 11) is 5.59. The molecule has 0 radical (unpaired) electrons. The summed E-state index contributed by atoms with van der Waals surface area (Å²) in [5.41, 5.74) is -3.28. The molecule has 83 heavy (non-hydrogen) atoms. The van der Waals surface area contributed by atoms with Gasteiger partial charge in [0.1, 0.15) is 0 Å². The molecule has 0 aliphatic carbocycles. The second-order valence-corrected chi connectivity index (χ2v) is 19.5. The second kappa shape index (κ2) is 28.5. The fourth-order valence-corrected chi connectivity index (χ4v) is 8.69. The van der Waals surface area contributed by atoms with E-state index in [-0.39, 0.29) is 113 Å². The van der Waals surface area contributed by atoms with Gasteiger partial charge in [-0.3, -0.25) is 62.5 Å². The van der Waals surface area contributed by atoms with Crippen LogP contribution in [0.3, 0.4) is 0 Å². The van der Waals surface area contributed by atoms with E-state index >= 15 is 0 Å². The standard InChI is InChI=1S/C54H64N12O17/c1-60-21-13-35(43(71)51(60)79)47(75)55-17-25-64(26-18-56-48(76)36-14-22-61(2)52(80)44(36)72)30-33(29-32-5-7-34(8-6-32)59-39(67)9-12-42(70)83-66-40(68)10-11-41(66)69)31-65(27-19-57-49(77)37-15-23-62(3)53(81)45(37)73)28-20-58-50(78)38-16-24-63(4)54(82)46(38)74/h5-8,13-16,21-24,33,71-74H,9-12,17-20,25-31H2,1-4H3,(H,55,75)(H,56,76)(H,57,77)(H,58,78)(H,59,67). The van der Waals surface area contributed by atoms with Crippen molar-refractivity contribution in [2.45, 2.75) is 32.1 Å². The highest BCUT2D eigenvalue weighted by atomic mass is 16.7. The molecule has 9 N–H and O–H groups in total. The summed E-state index contributed by atoms with van der Waals surface area (Å²) >= 11 is 0. The number of aryl methyl sites for hydroxylation is 4. The molecule has 1 aliphatic rings. The molecular formula is C54H64N12O17. The number of carbonyl (C=O) groups excluding carboxylic acids is 8. The first kappa shape index (κ1) is 62.3. The summed E-state index contributed by atoms with van der Waals surface area (Å²) in [6.07, 6.45) is 4.53. The van der Waals surface area contributed by atoms with Gasteiger partial charge in [0, 0.05) is 143 Å². The molecule has 29 nitrogen and oxygen atoms in total. The number of benzene rings is 1. The third-order valence-electron chi connectivity index (χ3n) is 13.4. The summed E-state index contributed by atoms with van der Waals surface area (Å²) in [5.74, 6) is -9.47. The molecule has 0 saturated carbocycles. The molecule has 0 bridgehead atoms. The minimum Gasteiger partial charge on any atom is -0.502 e. The average molecular weight is 1150 g/mol. The van der Waals surface area contributed by atoms with Gasteiger partial charge in [0.05, 0.1) is 28.7 Å². The van der Waals surface area contributed by atoms with Gasteiger partial charge in [0.25, 0.3) is 57.7 Å². The maximum absolute atomic E-state index is 13.3. The van der Waals surface area contributed by atoms with Crippen LogP contribution >= 0.6 is 0 Å². The molecule has 7 amide bonds. The van der Waals surface area contributed by atoms with Crippen LogP contribution in [0.15, 0.2) is 92.5 Å². The van der Waals surface area contributed by atoms with E-state index in [1.165, 1.54) is 77.2 Å². The summed E-state index contributed by atoms with van der Waals surface area (Å²) < 4.78 is 4.36. The van der Waals surface area contributed by atoms with E-state index in [2.05, 4.69) is 26.6 Å². The molecule has 1 aromatic carbocycles. The first-order chi connectivity index (χ1) is 39.4. The largest absolute Gasteiger partial charge is 0.502 e. The molecule has 6 rings (SSSR count). The van der Waals surface area contributed by atoms with E-state index in [9.17, 15) is 78.0 Å². The van der Waals surface area contributed by atoms with Crippen LogP contribution in [0.1, 0.15) is 72.7 Å². The summed E-state index contributed by atoms with van der Waals surface area (Å²) in [5, 5.41) is 55.9. The molecule has 0 atom stereocenters. The van der Waals surface area contributed by atoms with Crippen LogP contribution in [-0.4, -0.2) is 166 Å². The van der Waals surface area contributed by atoms with Gasteiger partial charge in [-0.15, -0.1) is 5.06 Å². The van der Waals surface area contributed by atoms with Gasteiger partial charge in [0.15, 0.2) is 23.0 Å². The molecule has 442 valence electrons. The van der Waals surface area contributed by atoms with Crippen molar-refractivity contribution in [2.75, 3.05) is 70.8 Å². The molecule has 5 aromatic rings. The summed E-state index contributed by atoms with van der Waals surface area (Å²) in [4.78, 5) is 161. The first-order valence-electron chi connectivity index (χ1n) is 26.0. The number of imide groups is 1. The Hall–Kier alpha value is -9.90. The van der Waals surface area contributed by atoms with Crippen LogP contribution in [0.25, 0.3) is 0 Å². The van der Waals surface area contributed by atoms with Crippen LogP contribution in [0, 0.1) is 5.92 Å². The summed E-state index contributed by atoms with van der Waals surface area (Å²) in [6, 6.07) is 11.7. The normalized spacial score (nSPS) is 12.2. The predicted octanol–water partition coefficient (Wildman–Crippen LogP) is -1.89. The third kappa shape index (κ3) is 16.6. The highest BCUT2D eigenvalue weighted by molar-refractivity contribution is 6.02. The Bertz CT molecular complexity index is 3180. The van der Waals surface area contributed by atoms with Crippen molar-refractivity contribution in [3.8, 4) is 23.0 Å². The molecule has 1 fully saturated rings. The Labute approximate surface area is 472 Å². The van der Waals surface area contributed by atoms with Crippen molar-refractivity contribution in [1.82, 2.24) is 54.4 Å². The fraction of sp³-hybridized carbons (Fsp3) is 0.370. The Morgan fingerprint density at radius 2 is 0.819 bits per heavy atom. The van der Waals surface area contributed by atoms with Gasteiger partial charge in [-0.2, -0.15) is 0 Å². The molecule has 1 saturated heterocycles. The number of pyridine rings is 4. The van der Waals surface area contributed by atoms with Gasteiger partial charge in [-0.05, 0) is 54.3 Å². The van der Waals surface area contributed by atoms with Crippen molar-refractivity contribution in [1.29, 1.82) is 0 Å². The van der Waals surface area contributed by atoms with Crippen molar-refractivity contribution >= 4 is 53.0 Å². The Kier molecular flexibility index (Phi) is 21.4. The molecular weight excluding hydrogens is 1090 g/mol. The number of rotatable bonds is 27. The lowest BCUT2D eigenvalue weighted by atomic mass is 9.97. The van der Waals surface area contributed by atoms with E-state index in [1.807, 2.05) is 9.80 Å². The zero-order chi connectivity index (χ0) is 60.7. The van der Waals surface area contributed by atoms with E-state index in [4.69, 9.17) is 4.84 Å². The maximum Gasteiger partial charge on any atom is 0.333 e. The van der Waals surface area contributed by atoms with Gasteiger partial charge >= 0.3 is 5.97 Å². The van der Waals surface area contributed by atoms with Crippen LogP contribution in [-0.2, 0) is 58.6 Å². The number of nitrogens with zero attached hydrogens (tertiary/aromatic N) is 7. The molecule has 0 spiro atoms. The van der Waals surface area contributed by atoms with Crippen molar-refractivity contribution in [3.63, 3.8) is 0 Å². The lowest BCUT2D eigenvalue weighted by Gasteiger charge is -2.32. The van der Waals surface area contributed by atoms with Gasteiger partial charge in [0.2, 0.25) is 5.91 Å². The number of aromatic hydroxyl groups is 4. The number of nitrogens with one attached hydrogen (secondary N) is 5. The van der Waals surface area contributed by atoms with Crippen LogP contribution in [0.4, 0.5) is 5.69 Å². The van der Waals surface area contributed by atoms with E-state index in [0.29, 0.717) is 16.3 Å². The van der Waals surface area contributed by atoms with Gasteiger partial charge in [-0.25, -0.2) is 4.79 Å². The molecule has 4 aromatic heterocycles. The topological polar surface area (TPSA) is 385 Å². The number of carbonyl (C=O) groups is 8. The fourth-order valence-electron chi connectivity index (χ4n) is 8.69. The summed E-state index contributed by atoms with van der Waals surface area (Å²) in [6.45, 7) is 0.363. The van der Waals surface area contributed by atoms with E-state index in [1.54, 1.807) is 24.3 Å². The van der Waals surface area contributed by atoms with Crippen molar-refractivity contribution < 1.29 is 63.6 Å². The Balaban J connectivity index is 1.26. The SMILES string of the molecule is Cn1ccc(C(=O)NCCN(CCNC(=O)c2ccn(C)c(=O)c2O)CC(Cc2ccc(NC(=O)CCC(=O)ON3C(=O)CCC3=O)cc2)CN(CCNC(=O)c2ccn(C)c(=O)c2O)CCNC(=O)c2ccn(C)c(=O)c2O)c(O)c1=O. The predicted molar refractivity (Wildman–Crippen MR) is 294 cm³/mol. The minimum absolute atomic E-state index is 0.0725. The number of hydrogen-bond donors (Lipinski definition) is 9. The lowest BCUT2D eigenvalue weighted by molar-refractivity contribution is -0.197. The van der Waals surface area contributed by atoms with Crippen molar-refractivity contribution in [2.24, 2.45) is 34.1 Å². The minimum atomic E-state index is -0.960. The lowest BCUT2D eigenvalue weighted by Crippen LogP contribution is -2.46. The number of hydrogen-bond acceptors (Lipinski definition) is 19. The number of hydroxylamine groups is 2. The van der Waals surface area contributed by atoms with E-state index in [0.717, 1.165) is 18.3 Å². The third-order valence-corrected chi connectivity index (χ3v) is 13.4. The average Bonchev–Trinajstić information content (AvgIpc) is 3.77. The first-order valence-corrected chi connectivity index (χ1v) is 26.0. The molecule has 5 heterocycles. The second-order valence-electron chi connectivity index (χ2n) is 19.5. The van der Waals surface area contributed by atoms with Crippen LogP contribution in [0.5, 0.6) is 23.0 Å². The highest BCUT2D eigenvalue weighted by Crippen LogP contribution is 2.19. The highest BCUT2D eigenvalue weighted by Gasteiger charge is 2.33. The quantitative estimate of drug-likeness (QED) is 0.0260. The van der Waals surface area contributed by atoms with Gasteiger partial charge < -0.3 is 70.1 Å². The molecule has 29 heteroatoms.